The molecular formula is C19H20N2O4. The van der Waals surface area contributed by atoms with Crippen molar-refractivity contribution in [3.8, 4) is 5.75 Å². The molecule has 4 rings (SSSR count). The van der Waals surface area contributed by atoms with E-state index in [9.17, 15) is 9.59 Å². The van der Waals surface area contributed by atoms with E-state index in [1.165, 1.54) is 0 Å². The molecule has 1 aromatic carbocycles. The molecule has 0 saturated heterocycles. The number of rotatable bonds is 4. The van der Waals surface area contributed by atoms with Gasteiger partial charge < -0.3 is 14.6 Å². The van der Waals surface area contributed by atoms with E-state index in [0.717, 1.165) is 56.3 Å². The Morgan fingerprint density at radius 2 is 1.84 bits per heavy atom. The Hall–Kier alpha value is -2.63. The minimum atomic E-state index is -0.498. The summed E-state index contributed by atoms with van der Waals surface area (Å²) in [5.74, 6) is 0.930. The smallest absolute Gasteiger partial charge is 0.366 e. The number of carbonyl (C=O) groups is 2. The molecule has 1 amide bonds. The van der Waals surface area contributed by atoms with E-state index in [0.29, 0.717) is 11.4 Å². The summed E-state index contributed by atoms with van der Waals surface area (Å²) in [5, 5.41) is 6.77. The summed E-state index contributed by atoms with van der Waals surface area (Å²) in [4.78, 5) is 24.1. The van der Waals surface area contributed by atoms with Gasteiger partial charge in [-0.15, -0.1) is 0 Å². The number of hydrogen-bond acceptors (Lipinski definition) is 5. The van der Waals surface area contributed by atoms with Crippen molar-refractivity contribution in [2.24, 2.45) is 5.92 Å². The van der Waals surface area contributed by atoms with Gasteiger partial charge in [-0.2, -0.15) is 0 Å². The van der Waals surface area contributed by atoms with E-state index in [1.807, 2.05) is 0 Å². The van der Waals surface area contributed by atoms with Gasteiger partial charge in [0.25, 0.3) is 0 Å². The van der Waals surface area contributed by atoms with Crippen LogP contribution in [-0.2, 0) is 17.6 Å². The summed E-state index contributed by atoms with van der Waals surface area (Å²) >= 11 is 0. The van der Waals surface area contributed by atoms with Crippen LogP contribution in [0.4, 0.5) is 5.69 Å². The van der Waals surface area contributed by atoms with Crippen LogP contribution in [0.5, 0.6) is 5.75 Å². The lowest BCUT2D eigenvalue weighted by Crippen LogP contribution is -2.13. The largest absolute Gasteiger partial charge is 0.422 e. The van der Waals surface area contributed by atoms with Gasteiger partial charge in [-0.1, -0.05) is 11.6 Å². The van der Waals surface area contributed by atoms with Crippen LogP contribution in [-0.4, -0.2) is 17.0 Å². The third-order valence-corrected chi connectivity index (χ3v) is 4.67. The van der Waals surface area contributed by atoms with Gasteiger partial charge in [-0.25, -0.2) is 4.79 Å². The highest BCUT2D eigenvalue weighted by atomic mass is 16.5. The Morgan fingerprint density at radius 3 is 2.60 bits per heavy atom. The third-order valence-electron chi connectivity index (χ3n) is 4.67. The van der Waals surface area contributed by atoms with Crippen molar-refractivity contribution >= 4 is 17.6 Å². The molecule has 0 spiro atoms. The number of nitrogens with one attached hydrogen (secondary N) is 1. The SMILES string of the molecule is O=C(Oc1ccc(NC(=O)C2CC2)cc1)c1noc2c1CCCCC2. The maximum absolute atomic E-state index is 12.4. The second-order valence-electron chi connectivity index (χ2n) is 6.67. The highest BCUT2D eigenvalue weighted by molar-refractivity contribution is 5.94. The first-order chi connectivity index (χ1) is 12.2. The van der Waals surface area contributed by atoms with Gasteiger partial charge in [-0.05, 0) is 56.4 Å². The molecule has 0 radical (unpaired) electrons. The molecule has 130 valence electrons. The van der Waals surface area contributed by atoms with E-state index >= 15 is 0 Å². The summed E-state index contributed by atoms with van der Waals surface area (Å²) < 4.78 is 10.7. The number of nitrogens with zero attached hydrogens (tertiary/aromatic N) is 1. The fourth-order valence-electron chi connectivity index (χ4n) is 3.07. The summed E-state index contributed by atoms with van der Waals surface area (Å²) in [6, 6.07) is 6.79. The van der Waals surface area contributed by atoms with Gasteiger partial charge in [0.1, 0.15) is 11.5 Å². The molecule has 1 fully saturated rings. The molecule has 6 heteroatoms. The van der Waals surface area contributed by atoms with Crippen LogP contribution in [0.1, 0.15) is 53.9 Å². The average Bonchev–Trinajstić information content (AvgIpc) is 3.42. The molecule has 2 aliphatic carbocycles. The molecule has 1 heterocycles. The van der Waals surface area contributed by atoms with Crippen molar-refractivity contribution < 1.29 is 18.8 Å². The normalized spacial score (nSPS) is 16.6. The second kappa shape index (κ2) is 6.70. The fourth-order valence-corrected chi connectivity index (χ4v) is 3.07. The lowest BCUT2D eigenvalue weighted by Gasteiger charge is -2.06. The van der Waals surface area contributed by atoms with Crippen molar-refractivity contribution in [1.82, 2.24) is 5.16 Å². The molecule has 6 nitrogen and oxygen atoms in total. The molecule has 1 N–H and O–H groups in total. The number of benzene rings is 1. The van der Waals surface area contributed by atoms with E-state index in [-0.39, 0.29) is 17.5 Å². The number of anilines is 1. The van der Waals surface area contributed by atoms with Crippen molar-refractivity contribution in [2.75, 3.05) is 5.32 Å². The predicted octanol–water partition coefficient (Wildman–Crippen LogP) is 3.51. The van der Waals surface area contributed by atoms with Gasteiger partial charge in [0.15, 0.2) is 5.69 Å². The van der Waals surface area contributed by atoms with Gasteiger partial charge in [0.2, 0.25) is 5.91 Å². The summed E-state index contributed by atoms with van der Waals surface area (Å²) in [5.41, 5.74) is 1.87. The number of aromatic nitrogens is 1. The van der Waals surface area contributed by atoms with Crippen LogP contribution in [0, 0.1) is 5.92 Å². The zero-order valence-electron chi connectivity index (χ0n) is 13.9. The van der Waals surface area contributed by atoms with E-state index in [4.69, 9.17) is 9.26 Å². The monoisotopic (exact) mass is 340 g/mol. The summed E-state index contributed by atoms with van der Waals surface area (Å²) in [6.45, 7) is 0. The number of amides is 1. The lowest BCUT2D eigenvalue weighted by atomic mass is 10.1. The molecule has 2 aromatic rings. The maximum atomic E-state index is 12.4. The molecule has 0 bridgehead atoms. The van der Waals surface area contributed by atoms with Gasteiger partial charge in [0.05, 0.1) is 0 Å². The third kappa shape index (κ3) is 3.57. The van der Waals surface area contributed by atoms with Crippen LogP contribution in [0.25, 0.3) is 0 Å². The minimum absolute atomic E-state index is 0.0510. The summed E-state index contributed by atoms with van der Waals surface area (Å²) in [7, 11) is 0. The molecular weight excluding hydrogens is 320 g/mol. The number of ether oxygens (including phenoxy) is 1. The Bertz CT molecular complexity index is 790. The zero-order chi connectivity index (χ0) is 17.2. The van der Waals surface area contributed by atoms with Crippen LogP contribution in [0.15, 0.2) is 28.8 Å². The lowest BCUT2D eigenvalue weighted by molar-refractivity contribution is -0.117. The average molecular weight is 340 g/mol. The van der Waals surface area contributed by atoms with E-state index < -0.39 is 5.97 Å². The Labute approximate surface area is 145 Å². The Kier molecular flexibility index (Phi) is 4.26. The molecule has 1 aromatic heterocycles. The topological polar surface area (TPSA) is 81.4 Å². The van der Waals surface area contributed by atoms with Crippen molar-refractivity contribution in [3.63, 3.8) is 0 Å². The van der Waals surface area contributed by atoms with E-state index in [1.54, 1.807) is 24.3 Å². The number of carbonyl (C=O) groups excluding carboxylic acids is 2. The molecule has 2 aliphatic rings. The number of hydrogen-bond donors (Lipinski definition) is 1. The molecule has 25 heavy (non-hydrogen) atoms. The minimum Gasteiger partial charge on any atom is -0.422 e. The van der Waals surface area contributed by atoms with E-state index in [2.05, 4.69) is 10.5 Å². The first kappa shape index (κ1) is 15.9. The van der Waals surface area contributed by atoms with Crippen molar-refractivity contribution in [2.45, 2.75) is 44.9 Å². The highest BCUT2D eigenvalue weighted by Gasteiger charge is 2.29. The van der Waals surface area contributed by atoms with Crippen LogP contribution < -0.4 is 10.1 Å². The zero-order valence-corrected chi connectivity index (χ0v) is 13.9. The fraction of sp³-hybridized carbons (Fsp3) is 0.421. The molecule has 1 saturated carbocycles. The second-order valence-corrected chi connectivity index (χ2v) is 6.67. The molecule has 0 atom stereocenters. The van der Waals surface area contributed by atoms with Crippen molar-refractivity contribution in [1.29, 1.82) is 0 Å². The quantitative estimate of drug-likeness (QED) is 0.523. The van der Waals surface area contributed by atoms with Crippen LogP contribution >= 0.6 is 0 Å². The van der Waals surface area contributed by atoms with Crippen molar-refractivity contribution in [3.05, 3.63) is 41.3 Å². The number of aryl methyl sites for hydroxylation is 1. The predicted molar refractivity (Wildman–Crippen MR) is 90.5 cm³/mol. The van der Waals surface area contributed by atoms with Gasteiger partial charge in [0, 0.05) is 23.6 Å². The first-order valence-corrected chi connectivity index (χ1v) is 8.81. The first-order valence-electron chi connectivity index (χ1n) is 8.81. The highest BCUT2D eigenvalue weighted by Crippen LogP contribution is 2.30. The van der Waals surface area contributed by atoms with Crippen LogP contribution in [0.3, 0.4) is 0 Å². The van der Waals surface area contributed by atoms with Gasteiger partial charge in [-0.3, -0.25) is 4.79 Å². The van der Waals surface area contributed by atoms with Gasteiger partial charge >= 0.3 is 5.97 Å². The summed E-state index contributed by atoms with van der Waals surface area (Å²) in [6.07, 6.45) is 6.77. The molecule has 0 aliphatic heterocycles. The Balaban J connectivity index is 1.42. The molecule has 0 unspecified atom stereocenters. The number of fused-ring (bicyclic) bond motifs is 1. The Morgan fingerprint density at radius 1 is 1.08 bits per heavy atom. The van der Waals surface area contributed by atoms with Crippen LogP contribution in [0.2, 0.25) is 0 Å². The standard InChI is InChI=1S/C19H20N2O4/c22-18(12-6-7-12)20-13-8-10-14(11-9-13)24-19(23)17-15-4-2-1-3-5-16(15)25-21-17/h8-12H,1-7H2,(H,20,22). The number of esters is 1. The maximum Gasteiger partial charge on any atom is 0.366 e.